The number of para-hydroxylation sites is 1. The van der Waals surface area contributed by atoms with Crippen molar-refractivity contribution in [2.45, 2.75) is 25.3 Å². The highest BCUT2D eigenvalue weighted by molar-refractivity contribution is 5.87. The fraction of sp³-hybridized carbons (Fsp3) is 0.357. The van der Waals surface area contributed by atoms with Crippen molar-refractivity contribution < 1.29 is 9.90 Å². The van der Waals surface area contributed by atoms with Crippen LogP contribution in [0.15, 0.2) is 30.3 Å². The predicted octanol–water partition coefficient (Wildman–Crippen LogP) is 2.77. The van der Waals surface area contributed by atoms with E-state index in [1.165, 1.54) is 25.3 Å². The number of carboxylic acid groups (broad SMARTS) is 1. The SMILES string of the molecule is CN(c1ccccc1/C=C/C(=O)O)C1CCC1. The molecular formula is C14H17NO2. The molecule has 1 aromatic rings. The van der Waals surface area contributed by atoms with Crippen LogP contribution in [0.2, 0.25) is 0 Å². The van der Waals surface area contributed by atoms with Gasteiger partial charge in [-0.25, -0.2) is 4.79 Å². The molecule has 0 bridgehead atoms. The maximum atomic E-state index is 10.6. The molecule has 0 radical (unpaired) electrons. The summed E-state index contributed by atoms with van der Waals surface area (Å²) >= 11 is 0. The average molecular weight is 231 g/mol. The van der Waals surface area contributed by atoms with E-state index in [0.29, 0.717) is 6.04 Å². The number of benzene rings is 1. The molecule has 17 heavy (non-hydrogen) atoms. The topological polar surface area (TPSA) is 40.5 Å². The summed E-state index contributed by atoms with van der Waals surface area (Å²) in [6.07, 6.45) is 6.60. The number of hydrogen-bond donors (Lipinski definition) is 1. The molecule has 0 heterocycles. The van der Waals surface area contributed by atoms with Gasteiger partial charge in [0.05, 0.1) is 0 Å². The van der Waals surface area contributed by atoms with Gasteiger partial charge in [-0.3, -0.25) is 0 Å². The highest BCUT2D eigenvalue weighted by Gasteiger charge is 2.23. The second-order valence-corrected chi connectivity index (χ2v) is 4.43. The number of hydrogen-bond acceptors (Lipinski definition) is 2. The van der Waals surface area contributed by atoms with Gasteiger partial charge in [0.1, 0.15) is 0 Å². The molecule has 1 aliphatic rings. The summed E-state index contributed by atoms with van der Waals surface area (Å²) in [7, 11) is 2.08. The van der Waals surface area contributed by atoms with Crippen molar-refractivity contribution in [3.05, 3.63) is 35.9 Å². The Kier molecular flexibility index (Phi) is 3.47. The lowest BCUT2D eigenvalue weighted by Gasteiger charge is -2.37. The lowest BCUT2D eigenvalue weighted by atomic mass is 9.91. The van der Waals surface area contributed by atoms with Crippen molar-refractivity contribution in [2.75, 3.05) is 11.9 Å². The number of nitrogens with zero attached hydrogens (tertiary/aromatic N) is 1. The Morgan fingerprint density at radius 2 is 2.12 bits per heavy atom. The third kappa shape index (κ3) is 2.67. The summed E-state index contributed by atoms with van der Waals surface area (Å²) in [6.45, 7) is 0. The van der Waals surface area contributed by atoms with E-state index in [1.807, 2.05) is 24.3 Å². The van der Waals surface area contributed by atoms with Crippen LogP contribution >= 0.6 is 0 Å². The molecule has 0 spiro atoms. The minimum atomic E-state index is -0.911. The van der Waals surface area contributed by atoms with Crippen LogP contribution in [0, 0.1) is 0 Å². The molecular weight excluding hydrogens is 214 g/mol. The van der Waals surface area contributed by atoms with Crippen molar-refractivity contribution in [3.8, 4) is 0 Å². The van der Waals surface area contributed by atoms with Gasteiger partial charge in [-0.1, -0.05) is 18.2 Å². The summed E-state index contributed by atoms with van der Waals surface area (Å²) < 4.78 is 0. The van der Waals surface area contributed by atoms with E-state index >= 15 is 0 Å². The molecule has 3 heteroatoms. The van der Waals surface area contributed by atoms with Crippen LogP contribution in [0.5, 0.6) is 0 Å². The number of carbonyl (C=O) groups is 1. The summed E-state index contributed by atoms with van der Waals surface area (Å²) in [6, 6.07) is 8.51. The minimum Gasteiger partial charge on any atom is -0.478 e. The molecule has 0 aromatic heterocycles. The number of anilines is 1. The lowest BCUT2D eigenvalue weighted by Crippen LogP contribution is -2.37. The second-order valence-electron chi connectivity index (χ2n) is 4.43. The molecule has 0 amide bonds. The smallest absolute Gasteiger partial charge is 0.328 e. The predicted molar refractivity (Wildman–Crippen MR) is 69.2 cm³/mol. The maximum absolute atomic E-state index is 10.6. The van der Waals surface area contributed by atoms with Crippen molar-refractivity contribution in [2.24, 2.45) is 0 Å². The Bertz CT molecular complexity index is 436. The number of aliphatic carboxylic acids is 1. The molecule has 1 N–H and O–H groups in total. The molecule has 0 unspecified atom stereocenters. The zero-order chi connectivity index (χ0) is 12.3. The van der Waals surface area contributed by atoms with Crippen molar-refractivity contribution in [3.63, 3.8) is 0 Å². The second kappa shape index (κ2) is 5.04. The first-order chi connectivity index (χ1) is 8.18. The molecule has 1 aliphatic carbocycles. The first-order valence-corrected chi connectivity index (χ1v) is 5.91. The zero-order valence-electron chi connectivity index (χ0n) is 9.97. The Hall–Kier alpha value is -1.77. The van der Waals surface area contributed by atoms with E-state index in [9.17, 15) is 4.79 Å². The summed E-state index contributed by atoms with van der Waals surface area (Å²) in [4.78, 5) is 12.8. The number of carboxylic acids is 1. The first kappa shape index (κ1) is 11.7. The highest BCUT2D eigenvalue weighted by Crippen LogP contribution is 2.30. The van der Waals surface area contributed by atoms with Crippen LogP contribution in [0.3, 0.4) is 0 Å². The molecule has 3 nitrogen and oxygen atoms in total. The standard InChI is InChI=1S/C14H17NO2/c1-15(12-6-4-7-12)13-8-3-2-5-11(13)9-10-14(16)17/h2-3,5,8-10,12H,4,6-7H2,1H3,(H,16,17)/b10-9+. The first-order valence-electron chi connectivity index (χ1n) is 5.91. The Labute approximate surface area is 101 Å². The normalized spacial score (nSPS) is 15.8. The molecule has 1 aromatic carbocycles. The van der Waals surface area contributed by atoms with Gasteiger partial charge < -0.3 is 10.0 Å². The summed E-state index contributed by atoms with van der Waals surface area (Å²) in [5.74, 6) is -0.911. The molecule has 90 valence electrons. The van der Waals surface area contributed by atoms with Gasteiger partial charge in [-0.05, 0) is 37.0 Å². The largest absolute Gasteiger partial charge is 0.478 e. The molecule has 0 atom stereocenters. The van der Waals surface area contributed by atoms with E-state index in [2.05, 4.69) is 11.9 Å². The van der Waals surface area contributed by atoms with Gasteiger partial charge in [0.25, 0.3) is 0 Å². The van der Waals surface area contributed by atoms with Gasteiger partial charge in [0.2, 0.25) is 0 Å². The third-order valence-corrected chi connectivity index (χ3v) is 3.34. The van der Waals surface area contributed by atoms with Crippen molar-refractivity contribution >= 4 is 17.7 Å². The highest BCUT2D eigenvalue weighted by atomic mass is 16.4. The molecule has 1 saturated carbocycles. The quantitative estimate of drug-likeness (QED) is 0.810. The van der Waals surface area contributed by atoms with E-state index in [1.54, 1.807) is 6.08 Å². The van der Waals surface area contributed by atoms with E-state index in [0.717, 1.165) is 11.3 Å². The van der Waals surface area contributed by atoms with Crippen molar-refractivity contribution in [1.29, 1.82) is 0 Å². The molecule has 2 rings (SSSR count). The molecule has 0 saturated heterocycles. The van der Waals surface area contributed by atoms with Crippen LogP contribution in [0.25, 0.3) is 6.08 Å². The summed E-state index contributed by atoms with van der Waals surface area (Å²) in [5.41, 5.74) is 2.07. The Morgan fingerprint density at radius 1 is 1.41 bits per heavy atom. The fourth-order valence-electron chi connectivity index (χ4n) is 2.08. The van der Waals surface area contributed by atoms with Crippen LogP contribution in [0.4, 0.5) is 5.69 Å². The van der Waals surface area contributed by atoms with E-state index in [-0.39, 0.29) is 0 Å². The van der Waals surface area contributed by atoms with E-state index < -0.39 is 5.97 Å². The van der Waals surface area contributed by atoms with Crippen LogP contribution in [-0.2, 0) is 4.79 Å². The van der Waals surface area contributed by atoms with Gasteiger partial charge in [0.15, 0.2) is 0 Å². The van der Waals surface area contributed by atoms with E-state index in [4.69, 9.17) is 5.11 Å². The van der Waals surface area contributed by atoms with Gasteiger partial charge in [0, 0.05) is 24.9 Å². The zero-order valence-corrected chi connectivity index (χ0v) is 9.97. The van der Waals surface area contributed by atoms with Gasteiger partial charge >= 0.3 is 5.97 Å². The van der Waals surface area contributed by atoms with Gasteiger partial charge in [-0.2, -0.15) is 0 Å². The lowest BCUT2D eigenvalue weighted by molar-refractivity contribution is -0.131. The minimum absolute atomic E-state index is 0.606. The Morgan fingerprint density at radius 3 is 2.71 bits per heavy atom. The van der Waals surface area contributed by atoms with Crippen LogP contribution in [0.1, 0.15) is 24.8 Å². The van der Waals surface area contributed by atoms with Crippen LogP contribution in [-0.4, -0.2) is 24.2 Å². The average Bonchev–Trinajstić information content (AvgIpc) is 2.24. The fourth-order valence-corrected chi connectivity index (χ4v) is 2.08. The summed E-state index contributed by atoms with van der Waals surface area (Å²) in [5, 5.41) is 8.67. The monoisotopic (exact) mass is 231 g/mol. The maximum Gasteiger partial charge on any atom is 0.328 e. The number of rotatable bonds is 4. The van der Waals surface area contributed by atoms with Gasteiger partial charge in [-0.15, -0.1) is 0 Å². The molecule has 0 aliphatic heterocycles. The third-order valence-electron chi connectivity index (χ3n) is 3.34. The Balaban J connectivity index is 2.23. The molecule has 1 fully saturated rings. The van der Waals surface area contributed by atoms with Crippen molar-refractivity contribution in [1.82, 2.24) is 0 Å². The van der Waals surface area contributed by atoms with Crippen LogP contribution < -0.4 is 4.90 Å².